The van der Waals surface area contributed by atoms with Gasteiger partial charge in [0.15, 0.2) is 11.6 Å². The minimum atomic E-state index is -0.187. The molecule has 0 spiro atoms. The molecule has 0 N–H and O–H groups in total. The van der Waals surface area contributed by atoms with Crippen LogP contribution in [0.25, 0.3) is 0 Å². The Kier molecular flexibility index (Phi) is 42.7. The summed E-state index contributed by atoms with van der Waals surface area (Å²) < 4.78 is 0. The standard InChI is InChI=1S/2C5H8O2.2C4H9.Ti/c2*1-4(6)3-5(2)7;2*1-3-4-2;/h2*3,6H,1-2H3;2*1,3-4H2,2H3;/q;;2*-1;+4/p-2/b2*4-3-;;;. The van der Waals surface area contributed by atoms with Crippen LogP contribution in [-0.2, 0) is 31.3 Å². The summed E-state index contributed by atoms with van der Waals surface area (Å²) in [6, 6.07) is 0. The van der Waals surface area contributed by atoms with Gasteiger partial charge in [-0.25, -0.2) is 0 Å². The van der Waals surface area contributed by atoms with E-state index in [2.05, 4.69) is 27.7 Å². The molecule has 0 fully saturated rings. The molecule has 0 aliphatic heterocycles. The van der Waals surface area contributed by atoms with Crippen molar-refractivity contribution in [2.45, 2.75) is 67.2 Å². The monoisotopic (exact) mass is 360 g/mol. The van der Waals surface area contributed by atoms with Crippen LogP contribution in [0.4, 0.5) is 0 Å². The van der Waals surface area contributed by atoms with E-state index < -0.39 is 0 Å². The van der Waals surface area contributed by atoms with E-state index in [1.807, 2.05) is 0 Å². The van der Waals surface area contributed by atoms with Crippen LogP contribution in [0.3, 0.4) is 0 Å². The molecule has 0 aromatic heterocycles. The number of carbonyl (C=O) groups excluding carboxylic acids is 2. The summed E-state index contributed by atoms with van der Waals surface area (Å²) in [7, 11) is 0. The van der Waals surface area contributed by atoms with Crippen molar-refractivity contribution in [3.05, 3.63) is 37.5 Å². The second kappa shape index (κ2) is 29.2. The topological polar surface area (TPSA) is 80.3 Å². The van der Waals surface area contributed by atoms with Crippen LogP contribution in [0, 0.1) is 13.8 Å². The van der Waals surface area contributed by atoms with Crippen LogP contribution in [0.2, 0.25) is 0 Å². The van der Waals surface area contributed by atoms with E-state index in [9.17, 15) is 19.8 Å². The zero-order chi connectivity index (χ0) is 18.6. The maximum Gasteiger partial charge on any atom is 4.00 e. The van der Waals surface area contributed by atoms with Gasteiger partial charge in [-0.05, 0) is 26.0 Å². The molecular weight excluding hydrogens is 328 g/mol. The molecule has 5 heteroatoms. The third kappa shape index (κ3) is 92.7. The molecule has 0 rings (SSSR count). The molecule has 0 saturated carbocycles. The SMILES string of the molecule is CC(=O)/C=C(/C)[O-].CC(=O)/C=C(/C)[O-].[CH2-]CCC.[CH2-]CCC.[Ti+4]. The molecule has 0 atom stereocenters. The average Bonchev–Trinajstić information content (AvgIpc) is 2.36. The number of ketones is 2. The summed E-state index contributed by atoms with van der Waals surface area (Å²) in [5.41, 5.74) is 0. The average molecular weight is 360 g/mol. The first-order valence-electron chi connectivity index (χ1n) is 7.39. The Hall–Kier alpha value is -0.866. The van der Waals surface area contributed by atoms with E-state index in [-0.39, 0.29) is 44.8 Å². The first-order chi connectivity index (χ1) is 10.1. The van der Waals surface area contributed by atoms with E-state index >= 15 is 0 Å². The zero-order valence-corrected chi connectivity index (χ0v) is 17.1. The number of rotatable bonds is 4. The van der Waals surface area contributed by atoms with Gasteiger partial charge < -0.3 is 24.1 Å². The fraction of sp³-hybridized carbons (Fsp3) is 0.556. The number of unbranched alkanes of at least 4 members (excludes halogenated alkanes) is 2. The van der Waals surface area contributed by atoms with Gasteiger partial charge in [-0.1, -0.05) is 40.5 Å². The predicted molar refractivity (Wildman–Crippen MR) is 89.4 cm³/mol. The number of hydrogen-bond acceptors (Lipinski definition) is 4. The van der Waals surface area contributed by atoms with Crippen molar-refractivity contribution in [1.29, 1.82) is 0 Å². The molecule has 0 amide bonds. The predicted octanol–water partition coefficient (Wildman–Crippen LogP) is 2.92. The third-order valence-electron chi connectivity index (χ3n) is 1.52. The molecule has 23 heavy (non-hydrogen) atoms. The van der Waals surface area contributed by atoms with Gasteiger partial charge in [-0.2, -0.15) is 12.8 Å². The van der Waals surface area contributed by atoms with Gasteiger partial charge >= 0.3 is 21.7 Å². The second-order valence-corrected chi connectivity index (χ2v) is 4.44. The van der Waals surface area contributed by atoms with Gasteiger partial charge in [0, 0.05) is 0 Å². The van der Waals surface area contributed by atoms with Gasteiger partial charge in [0.05, 0.1) is 0 Å². The van der Waals surface area contributed by atoms with Gasteiger partial charge in [0.2, 0.25) is 0 Å². The third-order valence-corrected chi connectivity index (χ3v) is 1.52. The molecule has 0 aliphatic rings. The first-order valence-corrected chi connectivity index (χ1v) is 7.39. The molecule has 0 aromatic rings. The van der Waals surface area contributed by atoms with Crippen LogP contribution in [0.15, 0.2) is 23.7 Å². The molecule has 132 valence electrons. The van der Waals surface area contributed by atoms with Gasteiger partial charge in [0.25, 0.3) is 0 Å². The van der Waals surface area contributed by atoms with Crippen molar-refractivity contribution in [3.63, 3.8) is 0 Å². The number of hydrogen-bond donors (Lipinski definition) is 0. The minimum Gasteiger partial charge on any atom is -0.876 e. The summed E-state index contributed by atoms with van der Waals surface area (Å²) in [6.07, 6.45) is 6.67. The van der Waals surface area contributed by atoms with E-state index in [0.717, 1.165) is 25.0 Å². The van der Waals surface area contributed by atoms with Crippen LogP contribution in [-0.4, -0.2) is 11.6 Å². The molecule has 0 aromatic carbocycles. The Morgan fingerprint density at radius 2 is 0.957 bits per heavy atom. The van der Waals surface area contributed by atoms with Gasteiger partial charge in [0.1, 0.15) is 0 Å². The summed E-state index contributed by atoms with van der Waals surface area (Å²) in [5, 5.41) is 20.0. The second-order valence-electron chi connectivity index (χ2n) is 4.44. The minimum absolute atomic E-state index is 0. The molecule has 0 bridgehead atoms. The molecule has 0 aliphatic carbocycles. The van der Waals surface area contributed by atoms with E-state index in [1.54, 1.807) is 0 Å². The van der Waals surface area contributed by atoms with Crippen LogP contribution in [0.5, 0.6) is 0 Å². The normalized spacial score (nSPS) is 9.57. The van der Waals surface area contributed by atoms with E-state index in [0.29, 0.717) is 0 Å². The number of allylic oxidation sites excluding steroid dienone is 4. The van der Waals surface area contributed by atoms with Crippen LogP contribution in [0.1, 0.15) is 67.2 Å². The Morgan fingerprint density at radius 3 is 0.957 bits per heavy atom. The molecule has 0 saturated heterocycles. The quantitative estimate of drug-likeness (QED) is 0.334. The molecule has 0 unspecified atom stereocenters. The molecular formula is C18H32O4Ti. The van der Waals surface area contributed by atoms with Crippen molar-refractivity contribution in [3.8, 4) is 0 Å². The summed E-state index contributed by atoms with van der Waals surface area (Å²) in [6.45, 7) is 16.8. The van der Waals surface area contributed by atoms with Crippen molar-refractivity contribution >= 4 is 11.6 Å². The van der Waals surface area contributed by atoms with Crippen molar-refractivity contribution < 1.29 is 41.5 Å². The van der Waals surface area contributed by atoms with E-state index in [1.165, 1.54) is 40.5 Å². The summed E-state index contributed by atoms with van der Waals surface area (Å²) in [5.74, 6) is -0.750. The van der Waals surface area contributed by atoms with Gasteiger partial charge in [-0.3, -0.25) is 9.59 Å². The molecule has 0 heterocycles. The fourth-order valence-electron chi connectivity index (χ4n) is 0.572. The van der Waals surface area contributed by atoms with Gasteiger partial charge in [-0.15, -0.1) is 11.5 Å². The smallest absolute Gasteiger partial charge is 0.876 e. The van der Waals surface area contributed by atoms with Crippen LogP contribution >= 0.6 is 0 Å². The summed E-state index contributed by atoms with van der Waals surface area (Å²) >= 11 is 0. The maximum absolute atomic E-state index is 9.98. The summed E-state index contributed by atoms with van der Waals surface area (Å²) in [4.78, 5) is 20.0. The maximum atomic E-state index is 9.98. The van der Waals surface area contributed by atoms with Crippen molar-refractivity contribution in [2.75, 3.05) is 0 Å². The van der Waals surface area contributed by atoms with Crippen molar-refractivity contribution in [2.24, 2.45) is 0 Å². The van der Waals surface area contributed by atoms with Crippen LogP contribution < -0.4 is 10.2 Å². The van der Waals surface area contributed by atoms with Crippen molar-refractivity contribution in [1.82, 2.24) is 0 Å². The Morgan fingerprint density at radius 1 is 0.783 bits per heavy atom. The Bertz CT molecular complexity index is 277. The molecule has 0 radical (unpaired) electrons. The molecule has 4 nitrogen and oxygen atoms in total. The van der Waals surface area contributed by atoms with E-state index in [4.69, 9.17) is 0 Å². The first kappa shape index (κ1) is 33.7. The Labute approximate surface area is 157 Å². The fourth-order valence-corrected chi connectivity index (χ4v) is 0.572. The largest absolute Gasteiger partial charge is 4.00 e. The zero-order valence-electron chi connectivity index (χ0n) is 15.5. The Balaban J connectivity index is -0.0000000639. The number of carbonyl (C=O) groups is 2.